The Morgan fingerprint density at radius 2 is 1.47 bits per heavy atom. The number of carbonyl (C=O) groups is 2. The third-order valence-electron chi connectivity index (χ3n) is 7.78. The average molecular weight is 678 g/mol. The molecule has 0 heterocycles. The first kappa shape index (κ1) is 35.3. The van der Waals surface area contributed by atoms with Crippen molar-refractivity contribution < 1.29 is 27.5 Å². The largest absolute Gasteiger partial charge is 0.493 e. The van der Waals surface area contributed by atoms with E-state index in [0.29, 0.717) is 22.8 Å². The second kappa shape index (κ2) is 16.3. The van der Waals surface area contributed by atoms with Gasteiger partial charge in [0.05, 0.1) is 24.8 Å². The van der Waals surface area contributed by atoms with Crippen LogP contribution in [-0.4, -0.2) is 58.0 Å². The molecule has 1 N–H and O–H groups in total. The smallest absolute Gasteiger partial charge is 0.264 e. The molecule has 0 bridgehead atoms. The van der Waals surface area contributed by atoms with Gasteiger partial charge in [-0.25, -0.2) is 8.42 Å². The molecule has 47 heavy (non-hydrogen) atoms. The van der Waals surface area contributed by atoms with Crippen molar-refractivity contribution in [1.29, 1.82) is 0 Å². The summed E-state index contributed by atoms with van der Waals surface area (Å²) in [7, 11) is -1.35. The zero-order chi connectivity index (χ0) is 34.0. The summed E-state index contributed by atoms with van der Waals surface area (Å²) in [4.78, 5) is 30.0. The number of methoxy groups -OCH3 is 2. The van der Waals surface area contributed by atoms with Gasteiger partial charge in [-0.15, -0.1) is 0 Å². The van der Waals surface area contributed by atoms with Crippen molar-refractivity contribution in [3.8, 4) is 11.5 Å². The van der Waals surface area contributed by atoms with Crippen LogP contribution in [0.4, 0.5) is 5.69 Å². The van der Waals surface area contributed by atoms with Crippen molar-refractivity contribution in [2.24, 2.45) is 0 Å². The fraction of sp³-hybridized carbons (Fsp3) is 0.278. The molecule has 248 valence electrons. The highest BCUT2D eigenvalue weighted by atomic mass is 35.5. The molecule has 4 rings (SSSR count). The van der Waals surface area contributed by atoms with E-state index in [-0.39, 0.29) is 41.2 Å². The molecule has 2 atom stereocenters. The van der Waals surface area contributed by atoms with E-state index in [1.54, 1.807) is 48.5 Å². The normalized spacial score (nSPS) is 12.4. The van der Waals surface area contributed by atoms with Gasteiger partial charge in [-0.3, -0.25) is 13.9 Å². The van der Waals surface area contributed by atoms with E-state index >= 15 is 0 Å². The lowest BCUT2D eigenvalue weighted by atomic mass is 10.0. The zero-order valence-corrected chi connectivity index (χ0v) is 28.5. The average Bonchev–Trinajstić information content (AvgIpc) is 3.08. The number of ether oxygens (including phenoxy) is 2. The molecule has 0 radical (unpaired) electrons. The van der Waals surface area contributed by atoms with Crippen molar-refractivity contribution in [2.45, 2.75) is 50.2 Å². The quantitative estimate of drug-likeness (QED) is 0.163. The van der Waals surface area contributed by atoms with Gasteiger partial charge >= 0.3 is 0 Å². The fourth-order valence-electron chi connectivity index (χ4n) is 5.06. The Labute approximate surface area is 282 Å². The number of rotatable bonds is 15. The van der Waals surface area contributed by atoms with E-state index in [2.05, 4.69) is 5.32 Å². The first-order valence-corrected chi connectivity index (χ1v) is 17.1. The Morgan fingerprint density at radius 1 is 0.830 bits per heavy atom. The van der Waals surface area contributed by atoms with Crippen molar-refractivity contribution in [2.75, 3.05) is 25.1 Å². The summed E-state index contributed by atoms with van der Waals surface area (Å²) in [5.41, 5.74) is 1.71. The Hall–Kier alpha value is -4.54. The number of carbonyl (C=O) groups excluding carboxylic acids is 2. The lowest BCUT2D eigenvalue weighted by molar-refractivity contribution is -0.140. The molecule has 9 nitrogen and oxygen atoms in total. The van der Waals surface area contributed by atoms with E-state index < -0.39 is 28.5 Å². The summed E-state index contributed by atoms with van der Waals surface area (Å²) in [6.45, 7) is 3.26. The van der Waals surface area contributed by atoms with Crippen LogP contribution in [0.15, 0.2) is 108 Å². The predicted octanol–water partition coefficient (Wildman–Crippen LogP) is 6.11. The van der Waals surface area contributed by atoms with Gasteiger partial charge in [-0.1, -0.05) is 79.2 Å². The summed E-state index contributed by atoms with van der Waals surface area (Å²) >= 11 is 6.32. The summed E-state index contributed by atoms with van der Waals surface area (Å²) in [6.07, 6.45) is 0.894. The van der Waals surface area contributed by atoms with Crippen LogP contribution < -0.4 is 19.1 Å². The fourth-order valence-corrected chi connectivity index (χ4v) is 6.70. The van der Waals surface area contributed by atoms with Crippen LogP contribution in [-0.2, 0) is 32.6 Å². The Bertz CT molecular complexity index is 1760. The van der Waals surface area contributed by atoms with Crippen LogP contribution in [0.1, 0.15) is 31.4 Å². The van der Waals surface area contributed by atoms with E-state index in [1.165, 1.54) is 37.3 Å². The Balaban J connectivity index is 1.84. The highest BCUT2D eigenvalue weighted by Crippen LogP contribution is 2.34. The number of nitrogens with zero attached hydrogens (tertiary/aromatic N) is 2. The van der Waals surface area contributed by atoms with Gasteiger partial charge in [-0.05, 0) is 60.9 Å². The minimum Gasteiger partial charge on any atom is -0.493 e. The molecule has 0 unspecified atom stereocenters. The third kappa shape index (κ3) is 9.05. The number of benzene rings is 4. The molecule has 0 spiro atoms. The maximum Gasteiger partial charge on any atom is 0.264 e. The molecule has 11 heteroatoms. The molecule has 0 aliphatic rings. The van der Waals surface area contributed by atoms with Crippen LogP contribution in [0.2, 0.25) is 5.02 Å². The molecule has 2 amide bonds. The lowest BCUT2D eigenvalue weighted by Gasteiger charge is -2.34. The third-order valence-corrected chi connectivity index (χ3v) is 9.80. The summed E-state index contributed by atoms with van der Waals surface area (Å²) in [5.74, 6) is -0.245. The molecule has 0 aliphatic carbocycles. The number of sulfonamides is 1. The van der Waals surface area contributed by atoms with E-state index in [9.17, 15) is 18.0 Å². The molecular weight excluding hydrogens is 638 g/mol. The minimum atomic E-state index is -4.27. The molecule has 4 aromatic rings. The van der Waals surface area contributed by atoms with Crippen LogP contribution >= 0.6 is 11.6 Å². The minimum absolute atomic E-state index is 0.000625. The molecular formula is C36H40ClN3O6S. The van der Waals surface area contributed by atoms with Gasteiger partial charge in [0, 0.05) is 30.1 Å². The van der Waals surface area contributed by atoms with Crippen molar-refractivity contribution >= 4 is 39.1 Å². The molecule has 0 fully saturated rings. The van der Waals surface area contributed by atoms with E-state index in [0.717, 1.165) is 9.87 Å². The first-order valence-electron chi connectivity index (χ1n) is 15.2. The lowest BCUT2D eigenvalue weighted by Crippen LogP contribution is -2.54. The van der Waals surface area contributed by atoms with Gasteiger partial charge in [0.15, 0.2) is 11.5 Å². The van der Waals surface area contributed by atoms with Gasteiger partial charge in [-0.2, -0.15) is 0 Å². The van der Waals surface area contributed by atoms with Gasteiger partial charge in [0.25, 0.3) is 10.0 Å². The number of hydrogen-bond acceptors (Lipinski definition) is 6. The second-order valence-corrected chi connectivity index (χ2v) is 13.3. The van der Waals surface area contributed by atoms with Crippen LogP contribution in [0, 0.1) is 0 Å². The monoisotopic (exact) mass is 677 g/mol. The van der Waals surface area contributed by atoms with Crippen molar-refractivity contribution in [3.63, 3.8) is 0 Å². The van der Waals surface area contributed by atoms with Crippen LogP contribution in [0.3, 0.4) is 0 Å². The maximum atomic E-state index is 14.6. The number of hydrogen-bond donors (Lipinski definition) is 1. The van der Waals surface area contributed by atoms with Crippen LogP contribution in [0.25, 0.3) is 0 Å². The number of anilines is 1. The van der Waals surface area contributed by atoms with Crippen LogP contribution in [0.5, 0.6) is 11.5 Å². The van der Waals surface area contributed by atoms with E-state index in [1.807, 2.05) is 50.2 Å². The summed E-state index contributed by atoms with van der Waals surface area (Å²) < 4.78 is 40.3. The molecule has 0 aromatic heterocycles. The van der Waals surface area contributed by atoms with E-state index in [4.69, 9.17) is 21.1 Å². The predicted molar refractivity (Wildman–Crippen MR) is 184 cm³/mol. The highest BCUT2D eigenvalue weighted by Gasteiger charge is 2.35. The molecule has 4 aromatic carbocycles. The van der Waals surface area contributed by atoms with Crippen molar-refractivity contribution in [3.05, 3.63) is 119 Å². The standard InChI is InChI=1S/C36H40ClN3O6S/c1-5-26(2)38-36(42)32(22-27-13-8-6-9-14-27)39(24-28-15-12-16-29(37)21-28)35(41)25-40(47(43,44)31-17-10-7-11-18-31)30-19-20-33(45-3)34(23-30)46-4/h6-21,23,26,32H,5,22,24-25H2,1-4H3,(H,38,42)/t26-,32+/m0/s1. The molecule has 0 saturated heterocycles. The number of halogens is 1. The Morgan fingerprint density at radius 3 is 2.09 bits per heavy atom. The second-order valence-electron chi connectivity index (χ2n) is 11.0. The van der Waals surface area contributed by atoms with Gasteiger partial charge in [0.1, 0.15) is 12.6 Å². The summed E-state index contributed by atoms with van der Waals surface area (Å²) in [5, 5.41) is 3.50. The van der Waals surface area contributed by atoms with Crippen molar-refractivity contribution in [1.82, 2.24) is 10.2 Å². The first-order chi connectivity index (χ1) is 22.6. The number of amides is 2. The molecule has 0 saturated carbocycles. The molecule has 0 aliphatic heterocycles. The van der Waals surface area contributed by atoms with Gasteiger partial charge in [0.2, 0.25) is 11.8 Å². The Kier molecular flexibility index (Phi) is 12.3. The maximum absolute atomic E-state index is 14.6. The summed E-state index contributed by atoms with van der Waals surface area (Å²) in [6, 6.07) is 27.8. The number of nitrogens with one attached hydrogen (secondary N) is 1. The zero-order valence-electron chi connectivity index (χ0n) is 26.9. The SMILES string of the molecule is CC[C@H](C)NC(=O)[C@@H](Cc1ccccc1)N(Cc1cccc(Cl)c1)C(=O)CN(c1ccc(OC)c(OC)c1)S(=O)(=O)c1ccccc1. The highest BCUT2D eigenvalue weighted by molar-refractivity contribution is 7.92. The topological polar surface area (TPSA) is 105 Å². The van der Waals surface area contributed by atoms with Gasteiger partial charge < -0.3 is 19.7 Å².